The van der Waals surface area contributed by atoms with Crippen LogP contribution in [0.15, 0.2) is 30.6 Å². The molecule has 1 aliphatic rings. The van der Waals surface area contributed by atoms with Gasteiger partial charge in [-0.25, -0.2) is 9.59 Å². The van der Waals surface area contributed by atoms with Gasteiger partial charge in [0.05, 0.1) is 43.3 Å². The molecule has 1 aromatic carbocycles. The monoisotopic (exact) mass is 346 g/mol. The lowest BCUT2D eigenvalue weighted by molar-refractivity contribution is 0.194. The number of aliphatic hydroxyl groups is 1. The van der Waals surface area contributed by atoms with Gasteiger partial charge in [-0.15, -0.1) is 0 Å². The molecule has 0 fully saturated rings. The molecule has 0 unspecified atom stereocenters. The number of amides is 2. The van der Waals surface area contributed by atoms with Gasteiger partial charge >= 0.3 is 12.2 Å². The molecule has 0 aliphatic carbocycles. The number of carboxylic acid groups (broad SMARTS) is 2. The Kier molecular flexibility index (Phi) is 4.32. The maximum atomic E-state index is 11.6. The second-order valence-corrected chi connectivity index (χ2v) is 5.81. The minimum Gasteiger partial charge on any atom is -0.465 e. The molecule has 9 heteroatoms. The van der Waals surface area contributed by atoms with Crippen molar-refractivity contribution in [3.05, 3.63) is 30.6 Å². The number of aliphatic hydroxyl groups excluding tert-OH is 1. The van der Waals surface area contributed by atoms with Gasteiger partial charge in [0.2, 0.25) is 0 Å². The first-order valence-electron chi connectivity index (χ1n) is 7.72. The predicted octanol–water partition coefficient (Wildman–Crippen LogP) is 1.91. The number of aromatic nitrogens is 2. The number of rotatable bonds is 3. The predicted molar refractivity (Wildman–Crippen MR) is 90.1 cm³/mol. The van der Waals surface area contributed by atoms with Crippen molar-refractivity contribution in [3.8, 4) is 11.1 Å². The Morgan fingerprint density at radius 3 is 2.60 bits per heavy atom. The summed E-state index contributed by atoms with van der Waals surface area (Å²) < 4.78 is 1.58. The van der Waals surface area contributed by atoms with Crippen molar-refractivity contribution >= 4 is 23.6 Å². The summed E-state index contributed by atoms with van der Waals surface area (Å²) in [6.45, 7) is 2.04. The van der Waals surface area contributed by atoms with Crippen LogP contribution in [0.2, 0.25) is 0 Å². The number of hydrogen-bond donors (Lipinski definition) is 3. The van der Waals surface area contributed by atoms with E-state index in [-0.39, 0.29) is 13.2 Å². The zero-order chi connectivity index (χ0) is 18.1. The first-order valence-corrected chi connectivity index (χ1v) is 7.72. The highest BCUT2D eigenvalue weighted by atomic mass is 16.4. The van der Waals surface area contributed by atoms with E-state index in [2.05, 4.69) is 5.10 Å². The highest BCUT2D eigenvalue weighted by molar-refractivity contribution is 6.00. The maximum Gasteiger partial charge on any atom is 0.412 e. The smallest absolute Gasteiger partial charge is 0.412 e. The fourth-order valence-electron chi connectivity index (χ4n) is 3.01. The third-order valence-electron chi connectivity index (χ3n) is 4.15. The van der Waals surface area contributed by atoms with E-state index in [4.69, 9.17) is 5.11 Å². The zero-order valence-electron chi connectivity index (χ0n) is 13.5. The molecule has 2 amide bonds. The second kappa shape index (κ2) is 6.44. The van der Waals surface area contributed by atoms with Gasteiger partial charge in [-0.2, -0.15) is 5.10 Å². The van der Waals surface area contributed by atoms with Gasteiger partial charge in [0.25, 0.3) is 0 Å². The summed E-state index contributed by atoms with van der Waals surface area (Å²) in [5.74, 6) is 0. The molecule has 25 heavy (non-hydrogen) atoms. The first kappa shape index (κ1) is 16.8. The average molecular weight is 346 g/mol. The lowest BCUT2D eigenvalue weighted by Gasteiger charge is -2.38. The van der Waals surface area contributed by atoms with Crippen LogP contribution >= 0.6 is 0 Å². The Labute approximate surface area is 143 Å². The molecule has 0 saturated heterocycles. The van der Waals surface area contributed by atoms with Gasteiger partial charge in [-0.05, 0) is 24.6 Å². The van der Waals surface area contributed by atoms with Crippen LogP contribution in [0.25, 0.3) is 11.1 Å². The normalized spacial score (nSPS) is 16.6. The Morgan fingerprint density at radius 2 is 1.96 bits per heavy atom. The Balaban J connectivity index is 2.07. The molecule has 3 rings (SSSR count). The molecular formula is C16H18N4O5. The summed E-state index contributed by atoms with van der Waals surface area (Å²) in [5, 5.41) is 32.0. The van der Waals surface area contributed by atoms with Gasteiger partial charge in [-0.1, -0.05) is 6.07 Å². The van der Waals surface area contributed by atoms with Gasteiger partial charge in [0.1, 0.15) is 0 Å². The summed E-state index contributed by atoms with van der Waals surface area (Å²) in [6, 6.07) is 4.49. The van der Waals surface area contributed by atoms with E-state index in [0.717, 1.165) is 10.5 Å². The molecule has 1 aliphatic heterocycles. The van der Waals surface area contributed by atoms with Crippen molar-refractivity contribution in [3.63, 3.8) is 0 Å². The summed E-state index contributed by atoms with van der Waals surface area (Å²) in [6.07, 6.45) is 1.10. The van der Waals surface area contributed by atoms with Gasteiger partial charge in [-0.3, -0.25) is 14.5 Å². The number of hydrogen-bond acceptors (Lipinski definition) is 4. The van der Waals surface area contributed by atoms with E-state index in [0.29, 0.717) is 23.5 Å². The molecule has 0 radical (unpaired) electrons. The van der Waals surface area contributed by atoms with Crippen molar-refractivity contribution in [1.29, 1.82) is 0 Å². The van der Waals surface area contributed by atoms with E-state index in [1.165, 1.54) is 4.90 Å². The van der Waals surface area contributed by atoms with Crippen molar-refractivity contribution in [1.82, 2.24) is 9.78 Å². The Bertz CT molecular complexity index is 819. The van der Waals surface area contributed by atoms with E-state index >= 15 is 0 Å². The lowest BCUT2D eigenvalue weighted by Crippen LogP contribution is -2.51. The van der Waals surface area contributed by atoms with Gasteiger partial charge in [0, 0.05) is 11.8 Å². The highest BCUT2D eigenvalue weighted by Crippen LogP contribution is 2.38. The Morgan fingerprint density at radius 1 is 1.20 bits per heavy atom. The molecule has 1 atom stereocenters. The summed E-state index contributed by atoms with van der Waals surface area (Å²) >= 11 is 0. The van der Waals surface area contributed by atoms with Crippen molar-refractivity contribution < 1.29 is 24.9 Å². The zero-order valence-corrected chi connectivity index (χ0v) is 13.5. The molecular weight excluding hydrogens is 328 g/mol. The van der Waals surface area contributed by atoms with Crippen LogP contribution in [0.3, 0.4) is 0 Å². The number of benzene rings is 1. The number of nitrogens with zero attached hydrogens (tertiary/aromatic N) is 4. The summed E-state index contributed by atoms with van der Waals surface area (Å²) in [7, 11) is 0. The van der Waals surface area contributed by atoms with Crippen molar-refractivity contribution in [2.75, 3.05) is 23.0 Å². The average Bonchev–Trinajstić information content (AvgIpc) is 3.02. The van der Waals surface area contributed by atoms with Crippen LogP contribution in [-0.2, 0) is 6.54 Å². The topological polar surface area (TPSA) is 119 Å². The SMILES string of the molecule is C[C@H]1CN(C(=O)O)c2cc(-c3cnn(CCO)c3)ccc2N1C(=O)O. The molecule has 9 nitrogen and oxygen atoms in total. The lowest BCUT2D eigenvalue weighted by atomic mass is 10.0. The maximum absolute atomic E-state index is 11.6. The number of fused-ring (bicyclic) bond motifs is 1. The summed E-state index contributed by atoms with van der Waals surface area (Å²) in [5.41, 5.74) is 2.12. The largest absolute Gasteiger partial charge is 0.465 e. The quantitative estimate of drug-likeness (QED) is 0.781. The highest BCUT2D eigenvalue weighted by Gasteiger charge is 2.35. The van der Waals surface area contributed by atoms with Crippen molar-refractivity contribution in [2.45, 2.75) is 19.5 Å². The van der Waals surface area contributed by atoms with Crippen LogP contribution in [0.5, 0.6) is 0 Å². The fraction of sp³-hybridized carbons (Fsp3) is 0.312. The third kappa shape index (κ3) is 3.01. The van der Waals surface area contributed by atoms with Crippen LogP contribution < -0.4 is 9.80 Å². The molecule has 2 heterocycles. The molecule has 3 N–H and O–H groups in total. The minimum atomic E-state index is -1.13. The third-order valence-corrected chi connectivity index (χ3v) is 4.15. The summed E-state index contributed by atoms with van der Waals surface area (Å²) in [4.78, 5) is 25.5. The fourth-order valence-corrected chi connectivity index (χ4v) is 3.01. The van der Waals surface area contributed by atoms with E-state index in [1.54, 1.807) is 42.2 Å². The van der Waals surface area contributed by atoms with Gasteiger partial charge in [0.15, 0.2) is 0 Å². The number of anilines is 2. The standard InChI is InChI=1S/C16H18N4O5/c1-10-8-19(15(22)23)14-6-11(2-3-13(14)20(10)16(24)25)12-7-17-18(9-12)4-5-21/h2-3,6-7,9-10,21H,4-5,8H2,1H3,(H,22,23)(H,24,25)/t10-/m0/s1. The van der Waals surface area contributed by atoms with Crippen LogP contribution in [-0.4, -0.2) is 56.5 Å². The van der Waals surface area contributed by atoms with Crippen LogP contribution in [0.1, 0.15) is 6.92 Å². The molecule has 0 spiro atoms. The van der Waals surface area contributed by atoms with E-state index < -0.39 is 18.2 Å². The molecule has 0 bridgehead atoms. The molecule has 0 saturated carbocycles. The molecule has 2 aromatic rings. The van der Waals surface area contributed by atoms with Crippen LogP contribution in [0.4, 0.5) is 21.0 Å². The second-order valence-electron chi connectivity index (χ2n) is 5.81. The van der Waals surface area contributed by atoms with Crippen molar-refractivity contribution in [2.24, 2.45) is 0 Å². The molecule has 1 aromatic heterocycles. The molecule has 132 valence electrons. The van der Waals surface area contributed by atoms with E-state index in [1.807, 2.05) is 0 Å². The Hall–Kier alpha value is -3.07. The number of carbonyl (C=O) groups is 2. The first-order chi connectivity index (χ1) is 11.9. The minimum absolute atomic E-state index is 0.0381. The van der Waals surface area contributed by atoms with Gasteiger partial charge < -0.3 is 15.3 Å². The van der Waals surface area contributed by atoms with E-state index in [9.17, 15) is 19.8 Å². The van der Waals surface area contributed by atoms with Crippen LogP contribution in [0, 0.1) is 0 Å².